The summed E-state index contributed by atoms with van der Waals surface area (Å²) in [5.41, 5.74) is 1.91. The van der Waals surface area contributed by atoms with Crippen LogP contribution in [0.5, 0.6) is 0 Å². The monoisotopic (exact) mass is 424 g/mol. The first-order chi connectivity index (χ1) is 14.4. The number of hydrogen-bond acceptors (Lipinski definition) is 6. The molecule has 8 nitrogen and oxygen atoms in total. The van der Waals surface area contributed by atoms with Crippen LogP contribution in [0.2, 0.25) is 0 Å². The number of amides is 1. The van der Waals surface area contributed by atoms with E-state index in [1.54, 1.807) is 16.7 Å². The van der Waals surface area contributed by atoms with Gasteiger partial charge >= 0.3 is 5.97 Å². The number of carbonyl (C=O) groups is 2. The third-order valence-corrected chi connectivity index (χ3v) is 7.17. The first-order valence-corrected chi connectivity index (χ1v) is 10.8. The van der Waals surface area contributed by atoms with Crippen LogP contribution < -0.4 is 10.9 Å². The van der Waals surface area contributed by atoms with Gasteiger partial charge in [-0.05, 0) is 63.1 Å². The molecule has 0 radical (unpaired) electrons. The van der Waals surface area contributed by atoms with Gasteiger partial charge in [-0.25, -0.2) is 14.8 Å². The number of nitrogens with zero attached hydrogens (tertiary/aromatic N) is 3. The molecule has 3 aromatic heterocycles. The Hall–Kier alpha value is -3.07. The summed E-state index contributed by atoms with van der Waals surface area (Å²) in [6.45, 7) is 1.86. The average molecular weight is 424 g/mol. The summed E-state index contributed by atoms with van der Waals surface area (Å²) in [6.07, 6.45) is 5.88. The number of carboxylic acids is 1. The molecule has 1 fully saturated rings. The number of fused-ring (bicyclic) bond motifs is 3. The number of nitrogens with one attached hydrogen (secondary N) is 1. The molecule has 2 N–H and O–H groups in total. The Morgan fingerprint density at radius 3 is 2.73 bits per heavy atom. The molecule has 2 aliphatic rings. The third-order valence-electron chi connectivity index (χ3n) is 6.14. The molecule has 5 rings (SSSR count). The van der Waals surface area contributed by atoms with Gasteiger partial charge in [-0.2, -0.15) is 0 Å². The van der Waals surface area contributed by atoms with E-state index in [9.17, 15) is 19.5 Å². The van der Waals surface area contributed by atoms with Gasteiger partial charge in [-0.15, -0.1) is 11.3 Å². The van der Waals surface area contributed by atoms with Crippen LogP contribution in [0.25, 0.3) is 10.2 Å². The molecule has 0 atom stereocenters. The fourth-order valence-electron chi connectivity index (χ4n) is 4.78. The highest BCUT2D eigenvalue weighted by atomic mass is 32.1. The van der Waals surface area contributed by atoms with Crippen molar-refractivity contribution in [3.05, 3.63) is 56.2 Å². The predicted octanol–water partition coefficient (Wildman–Crippen LogP) is 2.62. The molecule has 0 bridgehead atoms. The van der Waals surface area contributed by atoms with Crippen molar-refractivity contribution >= 4 is 33.4 Å². The lowest BCUT2D eigenvalue weighted by molar-refractivity contribution is 0.0702. The number of rotatable bonds is 4. The second kappa shape index (κ2) is 6.73. The normalized spacial score (nSPS) is 16.9. The van der Waals surface area contributed by atoms with Crippen LogP contribution in [-0.4, -0.2) is 31.5 Å². The van der Waals surface area contributed by atoms with Gasteiger partial charge in [0.2, 0.25) is 0 Å². The summed E-state index contributed by atoms with van der Waals surface area (Å²) in [5.74, 6) is -1.16. The minimum absolute atomic E-state index is 0.127. The van der Waals surface area contributed by atoms with Gasteiger partial charge in [0.25, 0.3) is 11.5 Å². The van der Waals surface area contributed by atoms with Crippen LogP contribution in [0.1, 0.15) is 62.7 Å². The number of hydrogen-bond donors (Lipinski definition) is 2. The van der Waals surface area contributed by atoms with Gasteiger partial charge in [0.1, 0.15) is 27.4 Å². The van der Waals surface area contributed by atoms with Crippen molar-refractivity contribution in [2.75, 3.05) is 0 Å². The molecule has 0 saturated heterocycles. The molecule has 30 heavy (non-hydrogen) atoms. The zero-order valence-corrected chi connectivity index (χ0v) is 17.2. The first-order valence-electron chi connectivity index (χ1n) is 9.95. The van der Waals surface area contributed by atoms with E-state index >= 15 is 0 Å². The molecule has 1 amide bonds. The first kappa shape index (κ1) is 18.9. The minimum atomic E-state index is -0.990. The second-order valence-corrected chi connectivity index (χ2v) is 9.02. The smallest absolute Gasteiger partial charge is 0.345 e. The number of aryl methyl sites for hydroxylation is 3. The van der Waals surface area contributed by atoms with E-state index in [2.05, 4.69) is 15.3 Å². The van der Waals surface area contributed by atoms with E-state index < -0.39 is 11.6 Å². The van der Waals surface area contributed by atoms with Gasteiger partial charge in [0, 0.05) is 10.9 Å². The van der Waals surface area contributed by atoms with Crippen LogP contribution in [0, 0.1) is 6.92 Å². The largest absolute Gasteiger partial charge is 0.477 e. The highest BCUT2D eigenvalue weighted by Crippen LogP contribution is 2.38. The molecule has 0 unspecified atom stereocenters. The summed E-state index contributed by atoms with van der Waals surface area (Å²) in [4.78, 5) is 46.5. The van der Waals surface area contributed by atoms with Gasteiger partial charge < -0.3 is 10.4 Å². The Labute approximate surface area is 175 Å². The number of pyridine rings is 1. The number of thiophene rings is 1. The molecule has 3 aromatic rings. The highest BCUT2D eigenvalue weighted by molar-refractivity contribution is 7.20. The molecular weight excluding hydrogens is 404 g/mol. The summed E-state index contributed by atoms with van der Waals surface area (Å²) in [7, 11) is 0. The van der Waals surface area contributed by atoms with Crippen molar-refractivity contribution < 1.29 is 14.7 Å². The minimum Gasteiger partial charge on any atom is -0.477 e. The maximum absolute atomic E-state index is 13.4. The van der Waals surface area contributed by atoms with Crippen LogP contribution in [-0.2, 0) is 18.5 Å². The maximum Gasteiger partial charge on any atom is 0.345 e. The van der Waals surface area contributed by atoms with Gasteiger partial charge in [-0.3, -0.25) is 14.2 Å². The molecule has 1 saturated carbocycles. The molecule has 1 aliphatic heterocycles. The number of aromatic nitrogens is 3. The predicted molar refractivity (Wildman–Crippen MR) is 111 cm³/mol. The Morgan fingerprint density at radius 2 is 2.00 bits per heavy atom. The molecule has 1 aliphatic carbocycles. The lowest BCUT2D eigenvalue weighted by Crippen LogP contribution is -2.45. The van der Waals surface area contributed by atoms with E-state index in [4.69, 9.17) is 0 Å². The molecular formula is C21H20N4O4S. The Balaban J connectivity index is 1.52. The van der Waals surface area contributed by atoms with Crippen molar-refractivity contribution in [2.24, 2.45) is 0 Å². The van der Waals surface area contributed by atoms with Crippen molar-refractivity contribution in [1.29, 1.82) is 0 Å². The summed E-state index contributed by atoms with van der Waals surface area (Å²) in [5, 5.41) is 13.0. The van der Waals surface area contributed by atoms with E-state index in [1.807, 2.05) is 6.92 Å². The van der Waals surface area contributed by atoms with Crippen LogP contribution >= 0.6 is 11.3 Å². The fourth-order valence-corrected chi connectivity index (χ4v) is 5.64. The van der Waals surface area contributed by atoms with E-state index in [1.165, 1.54) is 6.33 Å². The summed E-state index contributed by atoms with van der Waals surface area (Å²) >= 11 is 1.11. The van der Waals surface area contributed by atoms with Gasteiger partial charge in [0.05, 0.1) is 5.69 Å². The van der Waals surface area contributed by atoms with Crippen molar-refractivity contribution in [1.82, 2.24) is 19.9 Å². The lowest BCUT2D eigenvalue weighted by Gasteiger charge is -2.26. The van der Waals surface area contributed by atoms with Crippen LogP contribution in [0.15, 0.2) is 23.3 Å². The van der Waals surface area contributed by atoms with Crippen LogP contribution in [0.3, 0.4) is 0 Å². The topological polar surface area (TPSA) is 114 Å². The molecule has 0 aromatic carbocycles. The van der Waals surface area contributed by atoms with E-state index in [0.717, 1.165) is 48.3 Å². The third kappa shape index (κ3) is 2.76. The Kier molecular flexibility index (Phi) is 4.25. The SMILES string of the molecule is Cc1cc(CCc2ncnc3sc(C(=O)O)cc23)c(=O)n2c1C(=O)NC21CCCC1. The molecule has 154 valence electrons. The zero-order valence-electron chi connectivity index (χ0n) is 16.4. The quantitative estimate of drug-likeness (QED) is 0.665. The number of carboxylic acid groups (broad SMARTS) is 1. The fraction of sp³-hybridized carbons (Fsp3) is 0.381. The summed E-state index contributed by atoms with van der Waals surface area (Å²) < 4.78 is 1.69. The van der Waals surface area contributed by atoms with Gasteiger partial charge in [0.15, 0.2) is 0 Å². The van der Waals surface area contributed by atoms with Crippen molar-refractivity contribution in [3.63, 3.8) is 0 Å². The number of carbonyl (C=O) groups excluding carboxylic acids is 1. The van der Waals surface area contributed by atoms with E-state index in [0.29, 0.717) is 34.3 Å². The zero-order chi connectivity index (χ0) is 21.0. The molecule has 1 spiro atoms. The molecule has 4 heterocycles. The lowest BCUT2D eigenvalue weighted by atomic mass is 10.0. The summed E-state index contributed by atoms with van der Waals surface area (Å²) in [6, 6.07) is 3.39. The van der Waals surface area contributed by atoms with Gasteiger partial charge in [-0.1, -0.05) is 0 Å². The number of aromatic carboxylic acids is 1. The van der Waals surface area contributed by atoms with Crippen molar-refractivity contribution in [2.45, 2.75) is 51.1 Å². The van der Waals surface area contributed by atoms with E-state index in [-0.39, 0.29) is 16.3 Å². The second-order valence-electron chi connectivity index (χ2n) is 7.99. The van der Waals surface area contributed by atoms with Crippen molar-refractivity contribution in [3.8, 4) is 0 Å². The average Bonchev–Trinajstić information content (AvgIpc) is 3.41. The Bertz CT molecular complexity index is 1270. The molecule has 9 heteroatoms. The standard InChI is InChI=1S/C21H20N4O4S/c1-11-8-12(19(27)25-16(11)17(26)24-21(25)6-2-3-7-21)4-5-14-13-9-15(20(28)29)30-18(13)23-10-22-14/h8-10H,2-7H2,1H3,(H,24,26)(H,28,29). The van der Waals surface area contributed by atoms with Crippen LogP contribution in [0.4, 0.5) is 0 Å². The highest BCUT2D eigenvalue weighted by Gasteiger charge is 2.46. The Morgan fingerprint density at radius 1 is 1.23 bits per heavy atom. The maximum atomic E-state index is 13.4.